The van der Waals surface area contributed by atoms with E-state index in [0.29, 0.717) is 6.42 Å². The molecule has 1 atom stereocenters. The number of hydrogen-bond donors (Lipinski definition) is 3. The lowest BCUT2D eigenvalue weighted by Gasteiger charge is -2.28. The number of carbonyl (C=O) groups excluding carboxylic acids is 1. The van der Waals surface area contributed by atoms with E-state index < -0.39 is 11.9 Å². The minimum atomic E-state index is -0.837. The van der Waals surface area contributed by atoms with E-state index in [4.69, 9.17) is 5.11 Å². The van der Waals surface area contributed by atoms with Crippen molar-refractivity contribution in [2.75, 3.05) is 6.54 Å². The summed E-state index contributed by atoms with van der Waals surface area (Å²) < 4.78 is 0. The summed E-state index contributed by atoms with van der Waals surface area (Å²) in [7, 11) is 0. The maximum Gasteiger partial charge on any atom is 0.315 e. The number of nitrogens with one attached hydrogen (secondary N) is 2. The number of amides is 2. The molecule has 0 aromatic heterocycles. The standard InChI is InChI=1S/C15H28N2O3/c1-3-5-12(14(18)19)10-16-15(20)17-13-8-6-11(4-2)7-9-13/h11-13H,3-10H2,1-2H3,(H,18,19)(H2,16,17,20). The first-order valence-corrected chi connectivity index (χ1v) is 7.83. The zero-order chi connectivity index (χ0) is 15.0. The van der Waals surface area contributed by atoms with Crippen molar-refractivity contribution in [1.29, 1.82) is 0 Å². The van der Waals surface area contributed by atoms with Crippen LogP contribution < -0.4 is 10.6 Å². The van der Waals surface area contributed by atoms with Gasteiger partial charge in [0, 0.05) is 12.6 Å². The Bertz CT molecular complexity index is 312. The van der Waals surface area contributed by atoms with Crippen molar-refractivity contribution in [1.82, 2.24) is 10.6 Å². The minimum absolute atomic E-state index is 0.208. The SMILES string of the molecule is CCCC(CNC(=O)NC1CCC(CC)CC1)C(=O)O. The average Bonchev–Trinajstić information content (AvgIpc) is 2.44. The number of carboxylic acids is 1. The third-order valence-electron chi connectivity index (χ3n) is 4.25. The Labute approximate surface area is 121 Å². The highest BCUT2D eigenvalue weighted by Gasteiger charge is 2.22. The first kappa shape index (κ1) is 16.8. The molecule has 2 amide bonds. The number of carbonyl (C=O) groups is 2. The van der Waals surface area contributed by atoms with Gasteiger partial charge in [-0.3, -0.25) is 4.79 Å². The molecule has 0 heterocycles. The number of aliphatic carboxylic acids is 1. The van der Waals surface area contributed by atoms with Gasteiger partial charge in [-0.15, -0.1) is 0 Å². The molecule has 5 nitrogen and oxygen atoms in total. The Morgan fingerprint density at radius 3 is 2.35 bits per heavy atom. The Hall–Kier alpha value is -1.26. The molecule has 1 fully saturated rings. The van der Waals surface area contributed by atoms with E-state index in [1.165, 1.54) is 19.3 Å². The molecule has 20 heavy (non-hydrogen) atoms. The van der Waals surface area contributed by atoms with Gasteiger partial charge in [0.1, 0.15) is 0 Å². The summed E-state index contributed by atoms with van der Waals surface area (Å²) in [4.78, 5) is 22.8. The normalized spacial score (nSPS) is 23.9. The van der Waals surface area contributed by atoms with Gasteiger partial charge in [-0.25, -0.2) is 4.79 Å². The number of urea groups is 1. The van der Waals surface area contributed by atoms with Gasteiger partial charge < -0.3 is 15.7 Å². The van der Waals surface area contributed by atoms with E-state index in [1.807, 2.05) is 6.92 Å². The van der Waals surface area contributed by atoms with E-state index in [9.17, 15) is 9.59 Å². The molecule has 1 aliphatic rings. The highest BCUT2D eigenvalue weighted by molar-refractivity contribution is 5.76. The summed E-state index contributed by atoms with van der Waals surface area (Å²) >= 11 is 0. The molecule has 0 aliphatic heterocycles. The van der Waals surface area contributed by atoms with Crippen molar-refractivity contribution in [3.63, 3.8) is 0 Å². The van der Waals surface area contributed by atoms with Crippen molar-refractivity contribution in [2.45, 2.75) is 64.8 Å². The van der Waals surface area contributed by atoms with Crippen LogP contribution in [0.15, 0.2) is 0 Å². The number of hydrogen-bond acceptors (Lipinski definition) is 2. The number of carboxylic acid groups (broad SMARTS) is 1. The molecule has 0 saturated heterocycles. The fraction of sp³-hybridized carbons (Fsp3) is 0.867. The summed E-state index contributed by atoms with van der Waals surface area (Å²) in [6.07, 6.45) is 7.03. The van der Waals surface area contributed by atoms with Gasteiger partial charge in [-0.05, 0) is 38.0 Å². The van der Waals surface area contributed by atoms with E-state index in [2.05, 4.69) is 17.6 Å². The quantitative estimate of drug-likeness (QED) is 0.672. The second-order valence-electron chi connectivity index (χ2n) is 5.80. The van der Waals surface area contributed by atoms with Crippen LogP contribution in [0.1, 0.15) is 58.8 Å². The summed E-state index contributed by atoms with van der Waals surface area (Å²) in [6, 6.07) is 0.0135. The van der Waals surface area contributed by atoms with E-state index in [0.717, 1.165) is 25.2 Å². The van der Waals surface area contributed by atoms with Crippen LogP contribution in [-0.4, -0.2) is 29.7 Å². The molecular formula is C15H28N2O3. The van der Waals surface area contributed by atoms with Crippen LogP contribution in [0.5, 0.6) is 0 Å². The predicted molar refractivity (Wildman–Crippen MR) is 78.6 cm³/mol. The van der Waals surface area contributed by atoms with Gasteiger partial charge >= 0.3 is 12.0 Å². The molecule has 0 spiro atoms. The average molecular weight is 284 g/mol. The Morgan fingerprint density at radius 2 is 1.85 bits per heavy atom. The van der Waals surface area contributed by atoms with Crippen molar-refractivity contribution in [2.24, 2.45) is 11.8 Å². The molecule has 1 rings (SSSR count). The summed E-state index contributed by atoms with van der Waals surface area (Å²) in [5.74, 6) is -0.519. The monoisotopic (exact) mass is 284 g/mol. The van der Waals surface area contributed by atoms with Gasteiger partial charge in [-0.2, -0.15) is 0 Å². The molecule has 1 saturated carbocycles. The zero-order valence-electron chi connectivity index (χ0n) is 12.7. The second-order valence-corrected chi connectivity index (χ2v) is 5.80. The van der Waals surface area contributed by atoms with Gasteiger partial charge in [0.15, 0.2) is 0 Å². The van der Waals surface area contributed by atoms with E-state index in [1.54, 1.807) is 0 Å². The molecule has 0 radical (unpaired) electrons. The smallest absolute Gasteiger partial charge is 0.315 e. The van der Waals surface area contributed by atoms with Gasteiger partial charge in [-0.1, -0.05) is 26.7 Å². The predicted octanol–water partition coefficient (Wildman–Crippen LogP) is 2.76. The minimum Gasteiger partial charge on any atom is -0.481 e. The topological polar surface area (TPSA) is 78.4 Å². The maximum absolute atomic E-state index is 11.8. The largest absolute Gasteiger partial charge is 0.481 e. The molecule has 5 heteroatoms. The van der Waals surface area contributed by atoms with Crippen LogP contribution in [0, 0.1) is 11.8 Å². The fourth-order valence-corrected chi connectivity index (χ4v) is 2.83. The molecule has 116 valence electrons. The lowest BCUT2D eigenvalue weighted by molar-refractivity contribution is -0.141. The van der Waals surface area contributed by atoms with Crippen LogP contribution in [0.4, 0.5) is 4.79 Å². The lowest BCUT2D eigenvalue weighted by atomic mass is 9.85. The third kappa shape index (κ3) is 5.80. The van der Waals surface area contributed by atoms with Crippen molar-refractivity contribution in [3.8, 4) is 0 Å². The van der Waals surface area contributed by atoms with Crippen molar-refractivity contribution < 1.29 is 14.7 Å². The molecule has 0 aromatic carbocycles. The first-order chi connectivity index (χ1) is 9.56. The molecule has 0 bridgehead atoms. The van der Waals surface area contributed by atoms with Gasteiger partial charge in [0.05, 0.1) is 5.92 Å². The number of rotatable bonds is 7. The van der Waals surface area contributed by atoms with Gasteiger partial charge in [0.2, 0.25) is 0 Å². The fourth-order valence-electron chi connectivity index (χ4n) is 2.83. The van der Waals surface area contributed by atoms with Crippen LogP contribution in [0.3, 0.4) is 0 Å². The summed E-state index contributed by atoms with van der Waals surface area (Å²) in [5.41, 5.74) is 0. The Kier molecular flexibility index (Phi) is 7.41. The van der Waals surface area contributed by atoms with Crippen LogP contribution in [0.25, 0.3) is 0 Å². The third-order valence-corrected chi connectivity index (χ3v) is 4.25. The first-order valence-electron chi connectivity index (χ1n) is 7.83. The van der Waals surface area contributed by atoms with Crippen molar-refractivity contribution in [3.05, 3.63) is 0 Å². The maximum atomic E-state index is 11.8. The van der Waals surface area contributed by atoms with Crippen LogP contribution >= 0.6 is 0 Å². The summed E-state index contributed by atoms with van der Waals surface area (Å²) in [6.45, 7) is 4.37. The molecule has 3 N–H and O–H groups in total. The highest BCUT2D eigenvalue weighted by Crippen LogP contribution is 2.26. The van der Waals surface area contributed by atoms with E-state index in [-0.39, 0.29) is 18.6 Å². The zero-order valence-corrected chi connectivity index (χ0v) is 12.7. The highest BCUT2D eigenvalue weighted by atomic mass is 16.4. The van der Waals surface area contributed by atoms with Crippen LogP contribution in [0.2, 0.25) is 0 Å². The van der Waals surface area contributed by atoms with Gasteiger partial charge in [0.25, 0.3) is 0 Å². The molecule has 1 aliphatic carbocycles. The van der Waals surface area contributed by atoms with E-state index >= 15 is 0 Å². The van der Waals surface area contributed by atoms with Crippen molar-refractivity contribution >= 4 is 12.0 Å². The summed E-state index contributed by atoms with van der Waals surface area (Å²) in [5, 5.41) is 14.7. The van der Waals surface area contributed by atoms with Crippen LogP contribution in [-0.2, 0) is 4.79 Å². The molecule has 1 unspecified atom stereocenters. The molecular weight excluding hydrogens is 256 g/mol. The lowest BCUT2D eigenvalue weighted by Crippen LogP contribution is -2.45. The Balaban J connectivity index is 2.24. The molecule has 0 aromatic rings. The Morgan fingerprint density at radius 1 is 1.20 bits per heavy atom. The second kappa shape index (κ2) is 8.82.